The zero-order valence-electron chi connectivity index (χ0n) is 12.9. The first-order chi connectivity index (χ1) is 10.4. The van der Waals surface area contributed by atoms with E-state index in [0.29, 0.717) is 12.2 Å². The molecule has 0 radical (unpaired) electrons. The van der Waals surface area contributed by atoms with Crippen LogP contribution in [0.5, 0.6) is 0 Å². The van der Waals surface area contributed by atoms with Gasteiger partial charge in [-0.3, -0.25) is 4.18 Å². The summed E-state index contributed by atoms with van der Waals surface area (Å²) >= 11 is 0. The van der Waals surface area contributed by atoms with Gasteiger partial charge in [0.05, 0.1) is 15.4 Å². The zero-order chi connectivity index (χ0) is 15.5. The number of benzene rings is 2. The summed E-state index contributed by atoms with van der Waals surface area (Å²) in [6.07, 6.45) is 0. The van der Waals surface area contributed by atoms with Gasteiger partial charge < -0.3 is 4.18 Å². The van der Waals surface area contributed by atoms with Gasteiger partial charge in [-0.25, -0.2) is 4.79 Å². The van der Waals surface area contributed by atoms with Crippen molar-refractivity contribution in [3.05, 3.63) is 59.2 Å². The quantitative estimate of drug-likeness (QED) is 0.763. The van der Waals surface area contributed by atoms with Crippen LogP contribution < -0.4 is 0 Å². The first-order valence-electron chi connectivity index (χ1n) is 7.36. The average molecular weight is 314 g/mol. The molecule has 0 saturated heterocycles. The van der Waals surface area contributed by atoms with Crippen molar-refractivity contribution >= 4 is 16.6 Å². The summed E-state index contributed by atoms with van der Waals surface area (Å²) in [5.41, 5.74) is 2.90. The number of hydrogen-bond donors (Lipinski definition) is 0. The van der Waals surface area contributed by atoms with Crippen LogP contribution in [0.15, 0.2) is 52.3 Å². The Morgan fingerprint density at radius 3 is 2.50 bits per heavy atom. The van der Waals surface area contributed by atoms with E-state index in [1.807, 2.05) is 36.4 Å². The Hall–Kier alpha value is -1.78. The molecule has 2 aliphatic heterocycles. The van der Waals surface area contributed by atoms with Gasteiger partial charge in [0.25, 0.3) is 0 Å². The van der Waals surface area contributed by atoms with Crippen LogP contribution in [0, 0.1) is 0 Å². The van der Waals surface area contributed by atoms with E-state index in [9.17, 15) is 4.79 Å². The molecule has 2 heterocycles. The Balaban J connectivity index is 1.96. The second-order valence-electron chi connectivity index (χ2n) is 6.71. The fourth-order valence-corrected chi connectivity index (χ4v) is 5.68. The van der Waals surface area contributed by atoms with Crippen molar-refractivity contribution < 1.29 is 13.2 Å². The van der Waals surface area contributed by atoms with Crippen molar-refractivity contribution in [1.82, 2.24) is 0 Å². The lowest BCUT2D eigenvalue weighted by molar-refractivity contribution is 0.0749. The van der Waals surface area contributed by atoms with Crippen LogP contribution in [-0.4, -0.2) is 5.97 Å². The maximum Gasteiger partial charge on any atom is 0.362 e. The van der Waals surface area contributed by atoms with Gasteiger partial charge in [0.15, 0.2) is 0 Å². The van der Waals surface area contributed by atoms with Crippen LogP contribution >= 0.6 is 10.6 Å². The van der Waals surface area contributed by atoms with Crippen LogP contribution in [-0.2, 0) is 20.4 Å². The molecule has 1 atom stereocenters. The van der Waals surface area contributed by atoms with Gasteiger partial charge in [0.2, 0.25) is 0 Å². The molecule has 3 nitrogen and oxygen atoms in total. The predicted molar refractivity (Wildman–Crippen MR) is 85.9 cm³/mol. The minimum absolute atomic E-state index is 0.0122. The van der Waals surface area contributed by atoms with Crippen molar-refractivity contribution in [2.24, 2.45) is 0 Å². The topological polar surface area (TPSA) is 35.5 Å². The van der Waals surface area contributed by atoms with E-state index in [-0.39, 0.29) is 11.4 Å². The number of rotatable bonds is 1. The molecule has 2 aromatic carbocycles. The van der Waals surface area contributed by atoms with E-state index < -0.39 is 10.6 Å². The summed E-state index contributed by atoms with van der Waals surface area (Å²) in [6, 6.07) is 14.0. The van der Waals surface area contributed by atoms with Crippen molar-refractivity contribution in [3.63, 3.8) is 0 Å². The first kappa shape index (κ1) is 13.9. The Bertz CT molecular complexity index is 777. The molecular formula is C18H18O3S. The van der Waals surface area contributed by atoms with Crippen molar-refractivity contribution in [2.75, 3.05) is 0 Å². The average Bonchev–Trinajstić information content (AvgIpc) is 3.00. The molecule has 0 aromatic heterocycles. The highest BCUT2D eigenvalue weighted by atomic mass is 32.3. The lowest BCUT2D eigenvalue weighted by atomic mass is 9.85. The standard InChI is InChI=1S/C18H18O3S/c1-18(2,3)13-9-12-11-20-22(14-7-5-4-6-8-14)16(12)15(10-13)17(19)21-22/h4-10H,11H2,1-3H3. The molecular weight excluding hydrogens is 296 g/mol. The molecule has 2 aliphatic rings. The lowest BCUT2D eigenvalue weighted by Crippen LogP contribution is -2.13. The third-order valence-electron chi connectivity index (χ3n) is 4.15. The minimum atomic E-state index is -2.11. The van der Waals surface area contributed by atoms with Crippen molar-refractivity contribution in [3.8, 4) is 0 Å². The Morgan fingerprint density at radius 1 is 1.09 bits per heavy atom. The Labute approximate surface area is 132 Å². The van der Waals surface area contributed by atoms with Crippen LogP contribution in [0.1, 0.15) is 42.3 Å². The van der Waals surface area contributed by atoms with Crippen LogP contribution in [0.3, 0.4) is 0 Å². The van der Waals surface area contributed by atoms with E-state index in [0.717, 1.165) is 20.9 Å². The summed E-state index contributed by atoms with van der Waals surface area (Å²) in [5.74, 6) is -0.263. The molecule has 0 amide bonds. The first-order valence-corrected chi connectivity index (χ1v) is 8.84. The number of carbonyl (C=O) groups is 1. The van der Waals surface area contributed by atoms with E-state index >= 15 is 0 Å². The molecule has 1 unspecified atom stereocenters. The van der Waals surface area contributed by atoms with Crippen LogP contribution in [0.25, 0.3) is 0 Å². The highest BCUT2D eigenvalue weighted by molar-refractivity contribution is 8.26. The molecule has 0 fully saturated rings. The predicted octanol–water partition coefficient (Wildman–Crippen LogP) is 4.74. The third-order valence-corrected chi connectivity index (χ3v) is 6.90. The van der Waals surface area contributed by atoms with Crippen LogP contribution in [0.2, 0.25) is 0 Å². The van der Waals surface area contributed by atoms with Gasteiger partial charge in [0, 0.05) is 5.56 Å². The highest BCUT2D eigenvalue weighted by Gasteiger charge is 2.47. The number of carbonyl (C=O) groups excluding carboxylic acids is 1. The fourth-order valence-electron chi connectivity index (χ4n) is 2.95. The molecule has 0 spiro atoms. The van der Waals surface area contributed by atoms with Crippen molar-refractivity contribution in [2.45, 2.75) is 42.6 Å². The summed E-state index contributed by atoms with van der Waals surface area (Å²) in [6.45, 7) is 6.95. The zero-order valence-corrected chi connectivity index (χ0v) is 13.7. The van der Waals surface area contributed by atoms with E-state index in [1.54, 1.807) is 0 Å². The smallest absolute Gasteiger partial charge is 0.339 e. The minimum Gasteiger partial charge on any atom is -0.339 e. The fraction of sp³-hybridized carbons (Fsp3) is 0.278. The molecule has 2 aromatic rings. The van der Waals surface area contributed by atoms with Gasteiger partial charge in [-0.15, -0.1) is 0 Å². The van der Waals surface area contributed by atoms with Crippen LogP contribution in [0.4, 0.5) is 0 Å². The molecule has 4 rings (SSSR count). The van der Waals surface area contributed by atoms with Gasteiger partial charge in [-0.05, 0) is 29.2 Å². The molecule has 0 saturated carbocycles. The van der Waals surface area contributed by atoms with E-state index in [2.05, 4.69) is 26.8 Å². The summed E-state index contributed by atoms with van der Waals surface area (Å²) in [7, 11) is -2.11. The van der Waals surface area contributed by atoms with Crippen molar-refractivity contribution in [1.29, 1.82) is 0 Å². The summed E-state index contributed by atoms with van der Waals surface area (Å²) < 4.78 is 11.9. The van der Waals surface area contributed by atoms with Gasteiger partial charge in [0.1, 0.15) is 6.61 Å². The Morgan fingerprint density at radius 2 is 1.82 bits per heavy atom. The normalized spacial score (nSPS) is 25.5. The summed E-state index contributed by atoms with van der Waals surface area (Å²) in [5, 5.41) is 0. The molecule has 0 bridgehead atoms. The Kier molecular flexibility index (Phi) is 2.75. The van der Waals surface area contributed by atoms with Gasteiger partial charge >= 0.3 is 5.97 Å². The summed E-state index contributed by atoms with van der Waals surface area (Å²) in [4.78, 5) is 14.4. The molecule has 0 N–H and O–H groups in total. The molecule has 114 valence electrons. The lowest BCUT2D eigenvalue weighted by Gasteiger charge is -2.33. The van der Waals surface area contributed by atoms with Gasteiger partial charge in [-0.1, -0.05) is 55.6 Å². The molecule has 4 heteroatoms. The van der Waals surface area contributed by atoms with Gasteiger partial charge in [-0.2, -0.15) is 0 Å². The SMILES string of the molecule is CC(C)(C)c1cc2c3c(c1)C(=O)OS3(c1ccccc1)OC2. The highest BCUT2D eigenvalue weighted by Crippen LogP contribution is 2.73. The maximum atomic E-state index is 12.4. The third kappa shape index (κ3) is 1.77. The second-order valence-corrected chi connectivity index (χ2v) is 9.00. The molecule has 22 heavy (non-hydrogen) atoms. The maximum absolute atomic E-state index is 12.4. The number of hydrogen-bond acceptors (Lipinski definition) is 3. The van der Waals surface area contributed by atoms with E-state index in [1.165, 1.54) is 0 Å². The monoisotopic (exact) mass is 314 g/mol. The second kappa shape index (κ2) is 4.37. The largest absolute Gasteiger partial charge is 0.362 e. The molecule has 0 aliphatic carbocycles. The van der Waals surface area contributed by atoms with E-state index in [4.69, 9.17) is 8.37 Å².